The van der Waals surface area contributed by atoms with E-state index in [1.165, 1.54) is 24.0 Å². The minimum absolute atomic E-state index is 0.140. The second-order valence-corrected chi connectivity index (χ2v) is 11.7. The number of hydrogen-bond donors (Lipinski definition) is 1. The highest BCUT2D eigenvalue weighted by Crippen LogP contribution is 2.66. The van der Waals surface area contributed by atoms with E-state index in [-0.39, 0.29) is 22.9 Å². The fourth-order valence-electron chi connectivity index (χ4n) is 8.24. The molecule has 3 fully saturated rings. The number of allylic oxidation sites excluding steroid dienone is 3. The molecule has 2 nitrogen and oxygen atoms in total. The Kier molecular flexibility index (Phi) is 5.64. The zero-order chi connectivity index (χ0) is 21.0. The molecule has 4 aliphatic carbocycles. The van der Waals surface area contributed by atoms with E-state index in [1.807, 2.05) is 0 Å². The highest BCUT2D eigenvalue weighted by Gasteiger charge is 2.61. The van der Waals surface area contributed by atoms with Gasteiger partial charge in [0.05, 0.1) is 6.10 Å². The summed E-state index contributed by atoms with van der Waals surface area (Å²) in [6.45, 7) is 11.6. The lowest BCUT2D eigenvalue weighted by Gasteiger charge is -2.58. The molecule has 0 spiro atoms. The van der Waals surface area contributed by atoms with Crippen LogP contribution in [-0.2, 0) is 4.79 Å². The van der Waals surface area contributed by atoms with Crippen LogP contribution < -0.4 is 0 Å². The molecule has 0 heterocycles. The van der Waals surface area contributed by atoms with Crippen LogP contribution in [0, 0.1) is 40.4 Å². The molecule has 0 bridgehead atoms. The van der Waals surface area contributed by atoms with E-state index in [9.17, 15) is 9.90 Å². The van der Waals surface area contributed by atoms with E-state index in [0.29, 0.717) is 29.5 Å². The Balaban J connectivity index is 1.56. The Morgan fingerprint density at radius 1 is 1.21 bits per heavy atom. The van der Waals surface area contributed by atoms with Crippen molar-refractivity contribution < 1.29 is 9.90 Å². The fourth-order valence-corrected chi connectivity index (χ4v) is 8.24. The number of Topliss-reactive ketones (excluding diaryl/α,β-unsaturated/α-hetero) is 1. The molecule has 2 heteroatoms. The highest BCUT2D eigenvalue weighted by molar-refractivity contribution is 5.85. The molecule has 0 unspecified atom stereocenters. The Morgan fingerprint density at radius 2 is 1.97 bits per heavy atom. The summed E-state index contributed by atoms with van der Waals surface area (Å²) in [6.07, 6.45) is 14.3. The quantitative estimate of drug-likeness (QED) is 0.550. The third-order valence-corrected chi connectivity index (χ3v) is 9.74. The molecule has 0 aromatic rings. The lowest BCUT2D eigenvalue weighted by atomic mass is 9.47. The Hall–Kier alpha value is -0.890. The first kappa shape index (κ1) is 21.3. The van der Waals surface area contributed by atoms with E-state index in [4.69, 9.17) is 0 Å². The molecule has 3 saturated carbocycles. The van der Waals surface area contributed by atoms with E-state index >= 15 is 0 Å². The van der Waals surface area contributed by atoms with Crippen molar-refractivity contribution in [2.45, 2.75) is 98.5 Å². The van der Waals surface area contributed by atoms with E-state index in [0.717, 1.165) is 44.9 Å². The summed E-state index contributed by atoms with van der Waals surface area (Å²) in [5.74, 6) is 3.23. The maximum absolute atomic E-state index is 13.3. The maximum atomic E-state index is 13.3. The van der Waals surface area contributed by atoms with Gasteiger partial charge in [0.2, 0.25) is 0 Å². The summed E-state index contributed by atoms with van der Waals surface area (Å²) < 4.78 is 0. The Labute approximate surface area is 178 Å². The van der Waals surface area contributed by atoms with Gasteiger partial charge in [-0.05, 0) is 99.7 Å². The third-order valence-electron chi connectivity index (χ3n) is 9.74. The zero-order valence-electron chi connectivity index (χ0n) is 19.3. The van der Waals surface area contributed by atoms with Crippen LogP contribution in [-0.4, -0.2) is 17.0 Å². The van der Waals surface area contributed by atoms with Gasteiger partial charge in [0, 0.05) is 12.3 Å². The van der Waals surface area contributed by atoms with Crippen molar-refractivity contribution >= 4 is 5.78 Å². The fraction of sp³-hybridized carbons (Fsp3) is 0.815. The number of fused-ring (bicyclic) bond motifs is 5. The molecule has 0 amide bonds. The van der Waals surface area contributed by atoms with Gasteiger partial charge < -0.3 is 5.11 Å². The van der Waals surface area contributed by atoms with Crippen molar-refractivity contribution in [1.29, 1.82) is 0 Å². The molecule has 0 aromatic carbocycles. The van der Waals surface area contributed by atoms with Gasteiger partial charge in [-0.2, -0.15) is 0 Å². The van der Waals surface area contributed by atoms with E-state index in [2.05, 4.69) is 46.8 Å². The number of ketones is 1. The molecular formula is C27H42O2. The van der Waals surface area contributed by atoms with Gasteiger partial charge in [-0.1, -0.05) is 44.1 Å². The standard InChI is InChI=1S/C27H42O2/c1-17(2)7-6-8-18(3)25-24(29)16-23-21-10-9-19-15-20(28)11-13-26(19,4)22(21)12-14-27(23,25)5/h7,9,18,20-23,25,28H,6,8,10-16H2,1-5H3/t18-,20-,21-,22+,23+,25+,26+,27+/m1/s1. The van der Waals surface area contributed by atoms with Crippen molar-refractivity contribution in [3.05, 3.63) is 23.3 Å². The van der Waals surface area contributed by atoms with Gasteiger partial charge in [-0.15, -0.1) is 0 Å². The first-order valence-corrected chi connectivity index (χ1v) is 12.2. The van der Waals surface area contributed by atoms with Gasteiger partial charge in [-0.3, -0.25) is 4.79 Å². The molecule has 1 N–H and O–H groups in total. The number of aliphatic hydroxyl groups is 1. The molecule has 162 valence electrons. The van der Waals surface area contributed by atoms with Gasteiger partial charge in [0.15, 0.2) is 0 Å². The van der Waals surface area contributed by atoms with Gasteiger partial charge in [-0.25, -0.2) is 0 Å². The van der Waals surface area contributed by atoms with Crippen molar-refractivity contribution in [3.63, 3.8) is 0 Å². The molecule has 0 aliphatic heterocycles. The largest absolute Gasteiger partial charge is 0.393 e. The predicted molar refractivity (Wildman–Crippen MR) is 119 cm³/mol. The lowest BCUT2D eigenvalue weighted by Crippen LogP contribution is -2.51. The predicted octanol–water partition coefficient (Wildman–Crippen LogP) is 6.49. The molecule has 4 rings (SSSR count). The second kappa shape index (κ2) is 7.66. The van der Waals surface area contributed by atoms with Crippen LogP contribution in [0.5, 0.6) is 0 Å². The van der Waals surface area contributed by atoms with Crippen LogP contribution in [0.15, 0.2) is 23.3 Å². The number of aliphatic hydroxyl groups excluding tert-OH is 1. The molecule has 0 radical (unpaired) electrons. The highest BCUT2D eigenvalue weighted by atomic mass is 16.3. The summed E-state index contributed by atoms with van der Waals surface area (Å²) in [7, 11) is 0. The zero-order valence-corrected chi connectivity index (χ0v) is 19.3. The first-order valence-electron chi connectivity index (χ1n) is 12.2. The first-order chi connectivity index (χ1) is 13.7. The average Bonchev–Trinajstić information content (AvgIpc) is 2.92. The Morgan fingerprint density at radius 3 is 2.69 bits per heavy atom. The molecule has 0 saturated heterocycles. The number of carbonyl (C=O) groups is 1. The minimum Gasteiger partial charge on any atom is -0.393 e. The minimum atomic E-state index is -0.140. The van der Waals surface area contributed by atoms with Crippen molar-refractivity contribution in [1.82, 2.24) is 0 Å². The molecule has 29 heavy (non-hydrogen) atoms. The topological polar surface area (TPSA) is 37.3 Å². The normalized spacial score (nSPS) is 45.0. The number of carbonyl (C=O) groups excluding carboxylic acids is 1. The second-order valence-electron chi connectivity index (χ2n) is 11.7. The van der Waals surface area contributed by atoms with Crippen LogP contribution >= 0.6 is 0 Å². The van der Waals surface area contributed by atoms with Crippen LogP contribution in [0.4, 0.5) is 0 Å². The Bertz CT molecular complexity index is 714. The maximum Gasteiger partial charge on any atom is 0.137 e. The summed E-state index contributed by atoms with van der Waals surface area (Å²) in [5, 5.41) is 10.2. The lowest BCUT2D eigenvalue weighted by molar-refractivity contribution is -0.124. The summed E-state index contributed by atoms with van der Waals surface area (Å²) in [5.41, 5.74) is 3.37. The van der Waals surface area contributed by atoms with Crippen LogP contribution in [0.1, 0.15) is 92.4 Å². The number of rotatable bonds is 4. The third kappa shape index (κ3) is 3.48. The molecular weight excluding hydrogens is 356 g/mol. The summed E-state index contributed by atoms with van der Waals surface area (Å²) >= 11 is 0. The SMILES string of the molecule is CC(C)=CCC[C@@H](C)[C@H]1C(=O)C[C@H]2[C@@H]3CC=C4C[C@H](O)CC[C@]4(C)[C@H]3CC[C@]12C. The summed E-state index contributed by atoms with van der Waals surface area (Å²) in [6, 6.07) is 0. The molecule has 8 atom stereocenters. The monoisotopic (exact) mass is 398 g/mol. The van der Waals surface area contributed by atoms with Crippen LogP contribution in [0.3, 0.4) is 0 Å². The smallest absolute Gasteiger partial charge is 0.137 e. The van der Waals surface area contributed by atoms with Gasteiger partial charge >= 0.3 is 0 Å². The average molecular weight is 399 g/mol. The molecule has 0 aromatic heterocycles. The van der Waals surface area contributed by atoms with Crippen LogP contribution in [0.2, 0.25) is 0 Å². The van der Waals surface area contributed by atoms with Crippen molar-refractivity contribution in [3.8, 4) is 0 Å². The number of hydrogen-bond acceptors (Lipinski definition) is 2. The van der Waals surface area contributed by atoms with Crippen LogP contribution in [0.25, 0.3) is 0 Å². The van der Waals surface area contributed by atoms with Gasteiger partial charge in [0.1, 0.15) is 5.78 Å². The molecule has 4 aliphatic rings. The van der Waals surface area contributed by atoms with E-state index < -0.39 is 0 Å². The summed E-state index contributed by atoms with van der Waals surface area (Å²) in [4.78, 5) is 13.3. The van der Waals surface area contributed by atoms with Gasteiger partial charge in [0.25, 0.3) is 0 Å². The van der Waals surface area contributed by atoms with Crippen molar-refractivity contribution in [2.24, 2.45) is 40.4 Å². The van der Waals surface area contributed by atoms with Crippen molar-refractivity contribution in [2.75, 3.05) is 0 Å². The van der Waals surface area contributed by atoms with E-state index in [1.54, 1.807) is 0 Å².